The third kappa shape index (κ3) is 3.03. The van der Waals surface area contributed by atoms with E-state index in [0.717, 1.165) is 29.8 Å². The Hall–Kier alpha value is -0.960. The summed E-state index contributed by atoms with van der Waals surface area (Å²) in [6, 6.07) is 7.86. The van der Waals surface area contributed by atoms with Gasteiger partial charge in [-0.1, -0.05) is 18.9 Å². The van der Waals surface area contributed by atoms with E-state index < -0.39 is 0 Å². The maximum absolute atomic E-state index is 12.4. The molecule has 1 atom stereocenters. The third-order valence-electron chi connectivity index (χ3n) is 3.41. The van der Waals surface area contributed by atoms with Crippen LogP contribution in [0.3, 0.4) is 0 Å². The normalized spacial score (nSPS) is 21.1. The summed E-state index contributed by atoms with van der Waals surface area (Å²) in [5.74, 6) is 0.148. The summed E-state index contributed by atoms with van der Waals surface area (Å²) in [6.07, 6.45) is 4.71. The van der Waals surface area contributed by atoms with E-state index in [1.165, 1.54) is 12.8 Å². The molecular formula is C14H19NOS. The Morgan fingerprint density at radius 1 is 1.35 bits per heavy atom. The van der Waals surface area contributed by atoms with Crippen LogP contribution in [0.4, 0.5) is 0 Å². The SMILES string of the molecule is CC1CCCCCN1C(=O)c1cccc(S)c1. The molecular weight excluding hydrogens is 230 g/mol. The standard InChI is InChI=1S/C14H19NOS/c1-11-6-3-2-4-9-15(11)14(16)12-7-5-8-13(17)10-12/h5,7-8,10-11,17H,2-4,6,9H2,1H3. The molecule has 92 valence electrons. The van der Waals surface area contributed by atoms with Crippen molar-refractivity contribution in [2.75, 3.05) is 6.54 Å². The van der Waals surface area contributed by atoms with Crippen LogP contribution in [0, 0.1) is 0 Å². The fourth-order valence-electron chi connectivity index (χ4n) is 2.38. The third-order valence-corrected chi connectivity index (χ3v) is 3.69. The summed E-state index contributed by atoms with van der Waals surface area (Å²) in [5.41, 5.74) is 0.756. The van der Waals surface area contributed by atoms with Gasteiger partial charge in [0, 0.05) is 23.0 Å². The van der Waals surface area contributed by atoms with Crippen molar-refractivity contribution in [1.82, 2.24) is 4.90 Å². The second kappa shape index (κ2) is 5.58. The van der Waals surface area contributed by atoms with Crippen LogP contribution in [0.15, 0.2) is 29.2 Å². The van der Waals surface area contributed by atoms with E-state index in [0.29, 0.717) is 6.04 Å². The topological polar surface area (TPSA) is 20.3 Å². The molecule has 1 aromatic carbocycles. The zero-order chi connectivity index (χ0) is 12.3. The van der Waals surface area contributed by atoms with Gasteiger partial charge in [-0.3, -0.25) is 4.79 Å². The summed E-state index contributed by atoms with van der Waals surface area (Å²) in [4.78, 5) is 15.3. The number of hydrogen-bond donors (Lipinski definition) is 1. The average molecular weight is 249 g/mol. The molecule has 0 N–H and O–H groups in total. The van der Waals surface area contributed by atoms with Gasteiger partial charge >= 0.3 is 0 Å². The largest absolute Gasteiger partial charge is 0.336 e. The van der Waals surface area contributed by atoms with E-state index in [-0.39, 0.29) is 5.91 Å². The number of amides is 1. The van der Waals surface area contributed by atoms with Gasteiger partial charge in [-0.25, -0.2) is 0 Å². The van der Waals surface area contributed by atoms with E-state index in [2.05, 4.69) is 19.6 Å². The van der Waals surface area contributed by atoms with Gasteiger partial charge in [0.25, 0.3) is 5.91 Å². The molecule has 1 aliphatic rings. The second-order valence-corrected chi connectivity index (χ2v) is 5.26. The van der Waals surface area contributed by atoms with Gasteiger partial charge in [0.15, 0.2) is 0 Å². The fraction of sp³-hybridized carbons (Fsp3) is 0.500. The highest BCUT2D eigenvalue weighted by atomic mass is 32.1. The molecule has 1 unspecified atom stereocenters. The molecule has 2 nitrogen and oxygen atoms in total. The van der Waals surface area contributed by atoms with E-state index in [1.54, 1.807) is 0 Å². The summed E-state index contributed by atoms with van der Waals surface area (Å²) in [6.45, 7) is 3.03. The highest BCUT2D eigenvalue weighted by Crippen LogP contribution is 2.19. The van der Waals surface area contributed by atoms with Crippen molar-refractivity contribution in [1.29, 1.82) is 0 Å². The predicted molar refractivity (Wildman–Crippen MR) is 72.7 cm³/mol. The molecule has 1 saturated heterocycles. The van der Waals surface area contributed by atoms with Gasteiger partial charge in [-0.2, -0.15) is 0 Å². The molecule has 17 heavy (non-hydrogen) atoms. The molecule has 1 heterocycles. The maximum atomic E-state index is 12.4. The number of nitrogens with zero attached hydrogens (tertiary/aromatic N) is 1. The molecule has 2 rings (SSSR count). The molecule has 0 aliphatic carbocycles. The molecule has 1 aromatic rings. The molecule has 1 aliphatic heterocycles. The summed E-state index contributed by atoms with van der Waals surface area (Å²) >= 11 is 4.29. The van der Waals surface area contributed by atoms with Crippen molar-refractivity contribution >= 4 is 18.5 Å². The Bertz CT molecular complexity index is 405. The van der Waals surface area contributed by atoms with Crippen LogP contribution in [-0.4, -0.2) is 23.4 Å². The zero-order valence-electron chi connectivity index (χ0n) is 10.2. The van der Waals surface area contributed by atoms with E-state index in [4.69, 9.17) is 0 Å². The number of benzene rings is 1. The van der Waals surface area contributed by atoms with E-state index >= 15 is 0 Å². The number of carbonyl (C=O) groups excluding carboxylic acids is 1. The number of carbonyl (C=O) groups is 1. The molecule has 0 spiro atoms. The first kappa shape index (κ1) is 12.5. The Morgan fingerprint density at radius 2 is 2.18 bits per heavy atom. The van der Waals surface area contributed by atoms with Gasteiger partial charge in [0.05, 0.1) is 0 Å². The molecule has 3 heteroatoms. The smallest absolute Gasteiger partial charge is 0.254 e. The lowest BCUT2D eigenvalue weighted by atomic mass is 10.1. The summed E-state index contributed by atoms with van der Waals surface area (Å²) in [7, 11) is 0. The first-order valence-electron chi connectivity index (χ1n) is 6.28. The number of rotatable bonds is 1. The minimum atomic E-state index is 0.148. The molecule has 0 aromatic heterocycles. The minimum absolute atomic E-state index is 0.148. The van der Waals surface area contributed by atoms with E-state index in [9.17, 15) is 4.79 Å². The number of thiol groups is 1. The number of likely N-dealkylation sites (tertiary alicyclic amines) is 1. The predicted octanol–water partition coefficient (Wildman–Crippen LogP) is 3.38. The van der Waals surface area contributed by atoms with Gasteiger partial charge in [-0.05, 0) is 38.0 Å². The number of hydrogen-bond acceptors (Lipinski definition) is 2. The zero-order valence-corrected chi connectivity index (χ0v) is 11.1. The van der Waals surface area contributed by atoms with Gasteiger partial charge in [-0.15, -0.1) is 12.6 Å². The van der Waals surface area contributed by atoms with Gasteiger partial charge in [0.1, 0.15) is 0 Å². The first-order chi connectivity index (χ1) is 8.18. The fourth-order valence-corrected chi connectivity index (χ4v) is 2.61. The molecule has 0 radical (unpaired) electrons. The molecule has 0 saturated carbocycles. The lowest BCUT2D eigenvalue weighted by molar-refractivity contribution is 0.0697. The van der Waals surface area contributed by atoms with Crippen molar-refractivity contribution in [3.8, 4) is 0 Å². The van der Waals surface area contributed by atoms with Crippen LogP contribution in [-0.2, 0) is 0 Å². The van der Waals surface area contributed by atoms with Crippen molar-refractivity contribution in [3.05, 3.63) is 29.8 Å². The van der Waals surface area contributed by atoms with Crippen molar-refractivity contribution in [3.63, 3.8) is 0 Å². The van der Waals surface area contributed by atoms with Crippen molar-refractivity contribution in [2.24, 2.45) is 0 Å². The monoisotopic (exact) mass is 249 g/mol. The van der Waals surface area contributed by atoms with Crippen LogP contribution in [0.1, 0.15) is 43.0 Å². The van der Waals surface area contributed by atoms with Crippen LogP contribution >= 0.6 is 12.6 Å². The second-order valence-electron chi connectivity index (χ2n) is 4.75. The molecule has 1 amide bonds. The van der Waals surface area contributed by atoms with Gasteiger partial charge < -0.3 is 4.90 Å². The molecule has 1 fully saturated rings. The summed E-state index contributed by atoms with van der Waals surface area (Å²) in [5, 5.41) is 0. The van der Waals surface area contributed by atoms with E-state index in [1.807, 2.05) is 29.2 Å². The Kier molecular flexibility index (Phi) is 4.11. The maximum Gasteiger partial charge on any atom is 0.254 e. The van der Waals surface area contributed by atoms with Crippen molar-refractivity contribution in [2.45, 2.75) is 43.5 Å². The highest BCUT2D eigenvalue weighted by Gasteiger charge is 2.22. The Morgan fingerprint density at radius 3 is 2.94 bits per heavy atom. The summed E-state index contributed by atoms with van der Waals surface area (Å²) < 4.78 is 0. The minimum Gasteiger partial charge on any atom is -0.336 e. The average Bonchev–Trinajstić information content (AvgIpc) is 2.53. The van der Waals surface area contributed by atoms with Crippen molar-refractivity contribution < 1.29 is 4.79 Å². The molecule has 0 bridgehead atoms. The highest BCUT2D eigenvalue weighted by molar-refractivity contribution is 7.80. The quantitative estimate of drug-likeness (QED) is 0.757. The van der Waals surface area contributed by atoms with Crippen LogP contribution in [0.25, 0.3) is 0 Å². The lowest BCUT2D eigenvalue weighted by Gasteiger charge is -2.27. The Balaban J connectivity index is 2.18. The van der Waals surface area contributed by atoms with Crippen LogP contribution in [0.5, 0.6) is 0 Å². The van der Waals surface area contributed by atoms with Crippen LogP contribution in [0.2, 0.25) is 0 Å². The van der Waals surface area contributed by atoms with Crippen LogP contribution < -0.4 is 0 Å². The van der Waals surface area contributed by atoms with Gasteiger partial charge in [0.2, 0.25) is 0 Å². The lowest BCUT2D eigenvalue weighted by Crippen LogP contribution is -2.38. The first-order valence-corrected chi connectivity index (χ1v) is 6.73. The Labute approximate surface area is 108 Å².